The zero-order valence-electron chi connectivity index (χ0n) is 38.2. The molecule has 6 heterocycles. The second kappa shape index (κ2) is 16.5. The van der Waals surface area contributed by atoms with Crippen LogP contribution in [0.4, 0.5) is 0 Å². The van der Waals surface area contributed by atoms with Gasteiger partial charge in [0.05, 0.1) is 67.9 Å². The van der Waals surface area contributed by atoms with Crippen molar-refractivity contribution in [3.05, 3.63) is 118 Å². The van der Waals surface area contributed by atoms with Gasteiger partial charge < -0.3 is 33.6 Å². The fourth-order valence-electron chi connectivity index (χ4n) is 10.3. The first-order valence-electron chi connectivity index (χ1n) is 22.5. The number of carboxylic acid groups (broad SMARTS) is 2. The lowest BCUT2D eigenvalue weighted by Gasteiger charge is -2.47. The highest BCUT2D eigenvalue weighted by Crippen LogP contribution is 2.44. The van der Waals surface area contributed by atoms with E-state index in [2.05, 4.69) is 45.9 Å². The van der Waals surface area contributed by atoms with Gasteiger partial charge in [-0.05, 0) is 119 Å². The molecule has 2 unspecified atom stereocenters. The van der Waals surface area contributed by atoms with E-state index in [0.717, 1.165) is 61.0 Å². The number of aromatic carboxylic acids is 2. The third-order valence-corrected chi connectivity index (χ3v) is 14.5. The number of aromatic nitrogens is 2. The summed E-state index contributed by atoms with van der Waals surface area (Å²) in [5.74, 6) is -0.625. The topological polar surface area (TPSA) is 150 Å². The number of carbonyl (C=O) groups is 2. The standard InChI is InChI=1S/C54H52N2O9S/c1-28-12-15-42(62-33-18-20-61-21-19-33)45-37(51(57)58)23-39(55-47(28)45)49-30(3)36-22-32(14-17-41(36)64-49)25-54(7)27-34(26-53(5,6)65-54)63-43-16-13-29(2)48-46(43)38(52(59)60)24-40(56-48)50-31(4)35-10-8-9-11-44(35)66-50/h8-17,22-24,33-34H,18-21,25-27H2,1-7H3,(H,57,58)(H,59,60). The first-order chi connectivity index (χ1) is 31.5. The molecule has 2 fully saturated rings. The van der Waals surface area contributed by atoms with Gasteiger partial charge in [-0.25, -0.2) is 19.6 Å². The highest BCUT2D eigenvalue weighted by atomic mass is 32.1. The zero-order chi connectivity index (χ0) is 46.2. The molecule has 0 amide bonds. The largest absolute Gasteiger partial charge is 0.490 e. The molecule has 2 N–H and O–H groups in total. The van der Waals surface area contributed by atoms with Crippen LogP contribution in [0.25, 0.3) is 64.9 Å². The van der Waals surface area contributed by atoms with Crippen molar-refractivity contribution < 1.29 is 43.2 Å². The molecular formula is C54H52N2O9S. The Bertz CT molecular complexity index is 3270. The summed E-state index contributed by atoms with van der Waals surface area (Å²) in [5.41, 5.74) is 6.58. The summed E-state index contributed by atoms with van der Waals surface area (Å²) in [6.45, 7) is 15.3. The average Bonchev–Trinajstić information content (AvgIpc) is 3.79. The van der Waals surface area contributed by atoms with E-state index < -0.39 is 23.1 Å². The van der Waals surface area contributed by atoms with E-state index in [4.69, 9.17) is 33.3 Å². The predicted molar refractivity (Wildman–Crippen MR) is 258 cm³/mol. The molecule has 10 rings (SSSR count). The first kappa shape index (κ1) is 43.5. The number of fused-ring (bicyclic) bond motifs is 4. The van der Waals surface area contributed by atoms with E-state index in [9.17, 15) is 19.8 Å². The number of rotatable bonds is 10. The molecule has 2 saturated heterocycles. The first-order valence-corrected chi connectivity index (χ1v) is 23.3. The molecule has 2 atom stereocenters. The van der Waals surface area contributed by atoms with Gasteiger partial charge in [0.25, 0.3) is 0 Å². The van der Waals surface area contributed by atoms with Crippen LogP contribution in [0.2, 0.25) is 0 Å². The van der Waals surface area contributed by atoms with E-state index in [1.807, 2.05) is 69.3 Å². The molecule has 11 nitrogen and oxygen atoms in total. The molecule has 0 bridgehead atoms. The van der Waals surface area contributed by atoms with E-state index in [1.54, 1.807) is 23.5 Å². The number of aryl methyl sites for hydroxylation is 4. The van der Waals surface area contributed by atoms with Crippen LogP contribution in [-0.2, 0) is 15.9 Å². The second-order valence-electron chi connectivity index (χ2n) is 18.9. The van der Waals surface area contributed by atoms with Crippen LogP contribution >= 0.6 is 11.3 Å². The summed E-state index contributed by atoms with van der Waals surface area (Å²) < 4.78 is 33.3. The molecule has 2 aliphatic heterocycles. The molecule has 338 valence electrons. The normalized spacial score (nSPS) is 18.9. The maximum absolute atomic E-state index is 13.1. The Balaban J connectivity index is 0.951. The van der Waals surface area contributed by atoms with E-state index in [0.29, 0.717) is 88.5 Å². The number of hydrogen-bond acceptors (Lipinski definition) is 10. The monoisotopic (exact) mass is 904 g/mol. The minimum absolute atomic E-state index is 0.0706. The van der Waals surface area contributed by atoms with Crippen molar-refractivity contribution in [3.63, 3.8) is 0 Å². The molecule has 0 aliphatic carbocycles. The highest BCUT2D eigenvalue weighted by Gasteiger charge is 2.43. The van der Waals surface area contributed by atoms with Crippen molar-refractivity contribution in [2.24, 2.45) is 0 Å². The summed E-state index contributed by atoms with van der Waals surface area (Å²) in [6, 6.07) is 25.1. The summed E-state index contributed by atoms with van der Waals surface area (Å²) >= 11 is 1.62. The Labute approximate surface area is 386 Å². The quantitative estimate of drug-likeness (QED) is 0.135. The number of pyridine rings is 2. The molecule has 0 spiro atoms. The van der Waals surface area contributed by atoms with Gasteiger partial charge in [0.1, 0.15) is 35.0 Å². The van der Waals surface area contributed by atoms with Gasteiger partial charge in [-0.15, -0.1) is 11.3 Å². The summed E-state index contributed by atoms with van der Waals surface area (Å²) in [6.07, 6.45) is 2.80. The maximum atomic E-state index is 13.1. The SMILES string of the molecule is Cc1c(-c2cc(C(=O)O)c3c(OC4CCOCC4)ccc(C)c3n2)oc2ccc(CC3(C)CC(Oc4ccc(C)c5nc(-c6sc7ccccc7c6C)cc(C(=O)O)c45)CC(C)(C)O3)cc12. The van der Waals surface area contributed by atoms with E-state index >= 15 is 0 Å². The van der Waals surface area contributed by atoms with Crippen molar-refractivity contribution in [2.75, 3.05) is 13.2 Å². The van der Waals surface area contributed by atoms with Crippen molar-refractivity contribution in [1.82, 2.24) is 9.97 Å². The van der Waals surface area contributed by atoms with E-state index in [1.165, 1.54) is 0 Å². The molecule has 0 saturated carbocycles. The Kier molecular flexibility index (Phi) is 10.9. The van der Waals surface area contributed by atoms with Crippen molar-refractivity contribution in [2.45, 2.75) is 104 Å². The van der Waals surface area contributed by atoms with E-state index in [-0.39, 0.29) is 23.3 Å². The number of furan rings is 1. The molecule has 12 heteroatoms. The number of benzene rings is 4. The fourth-order valence-corrected chi connectivity index (χ4v) is 11.5. The van der Waals surface area contributed by atoms with Crippen LogP contribution < -0.4 is 9.47 Å². The van der Waals surface area contributed by atoms with Crippen molar-refractivity contribution in [3.8, 4) is 33.5 Å². The van der Waals surface area contributed by atoms with Gasteiger partial charge >= 0.3 is 11.9 Å². The number of thiophene rings is 1. The Morgan fingerprint density at radius 3 is 2.00 bits per heavy atom. The van der Waals surface area contributed by atoms with Crippen molar-refractivity contribution >= 4 is 66.1 Å². The molecular weight excluding hydrogens is 853 g/mol. The summed E-state index contributed by atoms with van der Waals surface area (Å²) in [7, 11) is 0. The molecule has 66 heavy (non-hydrogen) atoms. The summed E-state index contributed by atoms with van der Waals surface area (Å²) in [5, 5.41) is 24.2. The Morgan fingerprint density at radius 2 is 1.35 bits per heavy atom. The maximum Gasteiger partial charge on any atom is 0.336 e. The predicted octanol–water partition coefficient (Wildman–Crippen LogP) is 12.6. The van der Waals surface area contributed by atoms with Gasteiger partial charge in [-0.1, -0.05) is 36.4 Å². The lowest BCUT2D eigenvalue weighted by molar-refractivity contribution is -0.189. The average molecular weight is 905 g/mol. The number of ether oxygens (including phenoxy) is 4. The van der Waals surface area contributed by atoms with Crippen LogP contribution in [-0.4, -0.2) is 68.7 Å². The van der Waals surface area contributed by atoms with Crippen LogP contribution in [0.5, 0.6) is 11.5 Å². The molecule has 4 aromatic heterocycles. The minimum Gasteiger partial charge on any atom is -0.490 e. The fraction of sp³-hybridized carbons (Fsp3) is 0.333. The second-order valence-corrected chi connectivity index (χ2v) is 20.0. The van der Waals surface area contributed by atoms with Crippen LogP contribution in [0.3, 0.4) is 0 Å². The van der Waals surface area contributed by atoms with Crippen LogP contribution in [0.1, 0.15) is 95.0 Å². The lowest BCUT2D eigenvalue weighted by Crippen LogP contribution is -2.51. The lowest BCUT2D eigenvalue weighted by atomic mass is 9.82. The third kappa shape index (κ3) is 7.94. The molecule has 4 aromatic carbocycles. The molecule has 2 aliphatic rings. The van der Waals surface area contributed by atoms with Crippen molar-refractivity contribution in [1.29, 1.82) is 0 Å². The van der Waals surface area contributed by atoms with Gasteiger partial charge in [0.2, 0.25) is 0 Å². The van der Waals surface area contributed by atoms with Crippen LogP contribution in [0, 0.1) is 27.7 Å². The van der Waals surface area contributed by atoms with Crippen LogP contribution in [0.15, 0.2) is 83.3 Å². The number of hydrogen-bond donors (Lipinski definition) is 2. The number of carboxylic acids is 2. The Hall–Kier alpha value is -6.34. The van der Waals surface area contributed by atoms with Gasteiger partial charge in [0, 0.05) is 47.8 Å². The smallest absolute Gasteiger partial charge is 0.336 e. The third-order valence-electron chi connectivity index (χ3n) is 13.3. The molecule has 8 aromatic rings. The van der Waals surface area contributed by atoms with Gasteiger partial charge in [-0.3, -0.25) is 0 Å². The Morgan fingerprint density at radius 1 is 0.727 bits per heavy atom. The molecule has 0 radical (unpaired) electrons. The zero-order valence-corrected chi connectivity index (χ0v) is 39.0. The highest BCUT2D eigenvalue weighted by molar-refractivity contribution is 7.22. The summed E-state index contributed by atoms with van der Waals surface area (Å²) in [4.78, 5) is 37.0. The number of nitrogens with zero attached hydrogens (tertiary/aromatic N) is 2. The minimum atomic E-state index is -1.07. The van der Waals surface area contributed by atoms with Gasteiger partial charge in [0.15, 0.2) is 5.76 Å². The van der Waals surface area contributed by atoms with Gasteiger partial charge in [-0.2, -0.15) is 0 Å².